The van der Waals surface area contributed by atoms with Crippen molar-refractivity contribution >= 4 is 29.4 Å². The van der Waals surface area contributed by atoms with Gasteiger partial charge in [-0.1, -0.05) is 78.9 Å². The zero-order valence-electron chi connectivity index (χ0n) is 20.7. The molecule has 8 nitrogen and oxygen atoms in total. The van der Waals surface area contributed by atoms with Crippen LogP contribution in [0.2, 0.25) is 0 Å². The first-order chi connectivity index (χ1) is 18.5. The third-order valence-electron chi connectivity index (χ3n) is 6.92. The van der Waals surface area contributed by atoms with Crippen LogP contribution in [0.15, 0.2) is 95.6 Å². The second-order valence-corrected chi connectivity index (χ2v) is 9.38. The highest BCUT2D eigenvalue weighted by atomic mass is 16.6. The van der Waals surface area contributed by atoms with Crippen LogP contribution in [0, 0.1) is 16.0 Å². The molecule has 0 radical (unpaired) electrons. The van der Waals surface area contributed by atoms with Crippen LogP contribution in [0.4, 0.5) is 5.69 Å². The first kappa shape index (κ1) is 25.1. The molecule has 0 N–H and O–H groups in total. The molecule has 1 aliphatic heterocycles. The summed E-state index contributed by atoms with van der Waals surface area (Å²) in [5.74, 6) is -1.11. The summed E-state index contributed by atoms with van der Waals surface area (Å²) in [5, 5.41) is 17.5. The Hall–Kier alpha value is -4.59. The SMILES string of the molecule is O=C(Cc1ccccc1[N+](=O)[O-])OCC(=O)N1N=C2C(=Cc3ccccc3)CCCC2C1c1ccccc1. The molecule has 3 aromatic carbocycles. The minimum Gasteiger partial charge on any atom is -0.455 e. The Morgan fingerprint density at radius 3 is 2.42 bits per heavy atom. The Bertz CT molecular complexity index is 1400. The van der Waals surface area contributed by atoms with Crippen LogP contribution in [-0.4, -0.2) is 34.1 Å². The van der Waals surface area contributed by atoms with E-state index in [0.29, 0.717) is 0 Å². The lowest BCUT2D eigenvalue weighted by Crippen LogP contribution is -2.34. The molecule has 0 bridgehead atoms. The van der Waals surface area contributed by atoms with Crippen molar-refractivity contribution in [2.75, 3.05) is 6.61 Å². The number of rotatable bonds is 7. The minimum atomic E-state index is -0.710. The second-order valence-electron chi connectivity index (χ2n) is 9.38. The Morgan fingerprint density at radius 1 is 1.00 bits per heavy atom. The van der Waals surface area contributed by atoms with E-state index in [1.807, 2.05) is 60.7 Å². The molecule has 0 saturated heterocycles. The fourth-order valence-electron chi connectivity index (χ4n) is 5.19. The maximum absolute atomic E-state index is 13.4. The number of ether oxygens (including phenoxy) is 1. The molecule has 192 valence electrons. The first-order valence-electron chi connectivity index (χ1n) is 12.6. The summed E-state index contributed by atoms with van der Waals surface area (Å²) in [5.41, 5.74) is 4.13. The third-order valence-corrected chi connectivity index (χ3v) is 6.92. The normalized spacial score (nSPS) is 19.5. The second kappa shape index (κ2) is 11.2. The summed E-state index contributed by atoms with van der Waals surface area (Å²) >= 11 is 0. The number of hydrogen-bond donors (Lipinski definition) is 0. The van der Waals surface area contributed by atoms with E-state index in [9.17, 15) is 19.7 Å². The summed E-state index contributed by atoms with van der Waals surface area (Å²) in [7, 11) is 0. The van der Waals surface area contributed by atoms with Gasteiger partial charge in [-0.15, -0.1) is 0 Å². The van der Waals surface area contributed by atoms with Crippen LogP contribution in [0.3, 0.4) is 0 Å². The van der Waals surface area contributed by atoms with Crippen LogP contribution in [0.25, 0.3) is 6.08 Å². The number of esters is 1. The lowest BCUT2D eigenvalue weighted by Gasteiger charge is -2.29. The van der Waals surface area contributed by atoms with Gasteiger partial charge < -0.3 is 4.74 Å². The average Bonchev–Trinajstić information content (AvgIpc) is 3.34. The molecule has 38 heavy (non-hydrogen) atoms. The number of hydrogen-bond acceptors (Lipinski definition) is 6. The fourth-order valence-corrected chi connectivity index (χ4v) is 5.19. The van der Waals surface area contributed by atoms with Crippen LogP contribution in [-0.2, 0) is 20.7 Å². The van der Waals surface area contributed by atoms with Crippen molar-refractivity contribution in [2.45, 2.75) is 31.7 Å². The van der Waals surface area contributed by atoms with Crippen molar-refractivity contribution in [3.05, 3.63) is 117 Å². The maximum atomic E-state index is 13.4. The first-order valence-corrected chi connectivity index (χ1v) is 12.6. The number of fused-ring (bicyclic) bond motifs is 1. The molecule has 2 unspecified atom stereocenters. The highest BCUT2D eigenvalue weighted by Gasteiger charge is 2.43. The Balaban J connectivity index is 1.36. The summed E-state index contributed by atoms with van der Waals surface area (Å²) < 4.78 is 5.28. The number of nitro groups is 1. The average molecular weight is 510 g/mol. The van der Waals surface area contributed by atoms with E-state index in [2.05, 4.69) is 6.08 Å². The molecular formula is C30H27N3O5. The van der Waals surface area contributed by atoms with Gasteiger partial charge in [0, 0.05) is 17.5 Å². The molecule has 1 aliphatic carbocycles. The molecule has 0 aromatic heterocycles. The Kier molecular flexibility index (Phi) is 7.40. The lowest BCUT2D eigenvalue weighted by molar-refractivity contribution is -0.385. The zero-order chi connectivity index (χ0) is 26.5. The summed E-state index contributed by atoms with van der Waals surface area (Å²) in [6.07, 6.45) is 4.59. The quantitative estimate of drug-likeness (QED) is 0.238. The number of amides is 1. The van der Waals surface area contributed by atoms with Gasteiger partial charge in [0.1, 0.15) is 0 Å². The molecule has 5 rings (SSSR count). The monoisotopic (exact) mass is 509 g/mol. The number of carbonyl (C=O) groups is 2. The molecule has 1 amide bonds. The lowest BCUT2D eigenvalue weighted by atomic mass is 9.77. The smallest absolute Gasteiger partial charge is 0.311 e. The zero-order valence-corrected chi connectivity index (χ0v) is 20.7. The highest BCUT2D eigenvalue weighted by Crippen LogP contribution is 2.44. The molecule has 8 heteroatoms. The summed E-state index contributed by atoms with van der Waals surface area (Å²) in [4.78, 5) is 36.6. The van der Waals surface area contributed by atoms with Crippen molar-refractivity contribution in [3.8, 4) is 0 Å². The fraction of sp³-hybridized carbons (Fsp3) is 0.233. The molecule has 2 aliphatic rings. The summed E-state index contributed by atoms with van der Waals surface area (Å²) in [6, 6.07) is 25.5. The number of allylic oxidation sites excluding steroid dienone is 1. The number of nitro benzene ring substituents is 1. The third kappa shape index (κ3) is 5.39. The van der Waals surface area contributed by atoms with E-state index < -0.39 is 23.4 Å². The van der Waals surface area contributed by atoms with Gasteiger partial charge in [-0.2, -0.15) is 5.10 Å². The van der Waals surface area contributed by atoms with Crippen molar-refractivity contribution in [1.29, 1.82) is 0 Å². The molecule has 1 saturated carbocycles. The number of hydrazone groups is 1. The van der Waals surface area contributed by atoms with E-state index in [1.54, 1.807) is 6.07 Å². The van der Waals surface area contributed by atoms with E-state index in [4.69, 9.17) is 9.84 Å². The van der Waals surface area contributed by atoms with E-state index in [0.717, 1.165) is 41.7 Å². The predicted molar refractivity (Wildman–Crippen MR) is 143 cm³/mol. The largest absolute Gasteiger partial charge is 0.455 e. The van der Waals surface area contributed by atoms with Gasteiger partial charge >= 0.3 is 5.97 Å². The molecule has 0 spiro atoms. The van der Waals surface area contributed by atoms with E-state index in [-0.39, 0.29) is 29.6 Å². The maximum Gasteiger partial charge on any atom is 0.311 e. The van der Waals surface area contributed by atoms with Crippen LogP contribution in [0.5, 0.6) is 0 Å². The number of benzene rings is 3. The number of nitrogens with zero attached hydrogens (tertiary/aromatic N) is 3. The van der Waals surface area contributed by atoms with Gasteiger partial charge in [0.25, 0.3) is 11.6 Å². The molecule has 3 aromatic rings. The van der Waals surface area contributed by atoms with Crippen molar-refractivity contribution in [2.24, 2.45) is 11.0 Å². The van der Waals surface area contributed by atoms with Gasteiger partial charge in [0.05, 0.1) is 23.1 Å². The number of para-hydroxylation sites is 1. The van der Waals surface area contributed by atoms with Crippen LogP contribution in [0.1, 0.15) is 42.0 Å². The molecule has 1 fully saturated rings. The van der Waals surface area contributed by atoms with Crippen molar-refractivity contribution in [1.82, 2.24) is 5.01 Å². The van der Waals surface area contributed by atoms with Crippen LogP contribution < -0.4 is 0 Å². The predicted octanol–water partition coefficient (Wildman–Crippen LogP) is 5.50. The van der Waals surface area contributed by atoms with Gasteiger partial charge in [-0.05, 0) is 42.0 Å². The molecule has 2 atom stereocenters. The van der Waals surface area contributed by atoms with Crippen molar-refractivity contribution < 1.29 is 19.2 Å². The standard InChI is InChI=1S/C30H27N3O5/c34-27(20-38-28(35)19-23-14-7-8-17-26(23)33(36)37)32-30(22-12-5-2-6-13-22)25-16-9-15-24(29(25)31-32)18-21-10-3-1-4-11-21/h1-8,10-14,17-18,25,30H,9,15-16,19-20H2. The van der Waals surface area contributed by atoms with Gasteiger partial charge in [0.2, 0.25) is 0 Å². The summed E-state index contributed by atoms with van der Waals surface area (Å²) in [6.45, 7) is -0.496. The van der Waals surface area contributed by atoms with Crippen LogP contribution >= 0.6 is 0 Å². The van der Waals surface area contributed by atoms with Gasteiger partial charge in [0.15, 0.2) is 6.61 Å². The Morgan fingerprint density at radius 2 is 1.68 bits per heavy atom. The topological polar surface area (TPSA) is 102 Å². The number of carbonyl (C=O) groups excluding carboxylic acids is 2. The highest BCUT2D eigenvalue weighted by molar-refractivity contribution is 6.08. The molecular weight excluding hydrogens is 482 g/mol. The van der Waals surface area contributed by atoms with Crippen molar-refractivity contribution in [3.63, 3.8) is 0 Å². The molecule has 1 heterocycles. The van der Waals surface area contributed by atoms with Gasteiger partial charge in [-0.3, -0.25) is 19.7 Å². The van der Waals surface area contributed by atoms with Gasteiger partial charge in [-0.25, -0.2) is 5.01 Å². The van der Waals surface area contributed by atoms with E-state index in [1.165, 1.54) is 23.2 Å². The van der Waals surface area contributed by atoms with E-state index >= 15 is 0 Å². The Labute approximate surface area is 220 Å². The minimum absolute atomic E-state index is 0.0349.